The summed E-state index contributed by atoms with van der Waals surface area (Å²) in [4.78, 5) is 5.27. The molecule has 2 atom stereocenters. The van der Waals surface area contributed by atoms with Crippen molar-refractivity contribution in [1.82, 2.24) is 0 Å². The molecule has 0 saturated carbocycles. The molecule has 16 heavy (non-hydrogen) atoms. The monoisotopic (exact) mass is 219 g/mol. The molecule has 0 spiro atoms. The molecule has 0 aromatic heterocycles. The van der Waals surface area contributed by atoms with E-state index in [-0.39, 0.29) is 6.10 Å². The number of nitrogens with zero attached hydrogens (tertiary/aromatic N) is 1. The van der Waals surface area contributed by atoms with Gasteiger partial charge in [0.1, 0.15) is 11.8 Å². The van der Waals surface area contributed by atoms with Crippen LogP contribution in [-0.4, -0.2) is 23.0 Å². The van der Waals surface area contributed by atoms with Gasteiger partial charge >= 0.3 is 0 Å². The molecule has 3 nitrogen and oxygen atoms in total. The van der Waals surface area contributed by atoms with Gasteiger partial charge in [-0.3, -0.25) is 0 Å². The summed E-state index contributed by atoms with van der Waals surface area (Å²) < 4.78 is 0. The summed E-state index contributed by atoms with van der Waals surface area (Å²) in [5, 5.41) is 14.1. The summed E-state index contributed by atoms with van der Waals surface area (Å²) in [7, 11) is 0. The number of aliphatic hydroxyl groups is 1. The minimum atomic E-state index is -0.589. The Morgan fingerprint density at radius 3 is 2.75 bits per heavy atom. The second kappa shape index (κ2) is 5.12. The molecular formula is C13H17NO2. The summed E-state index contributed by atoms with van der Waals surface area (Å²) in [5.74, 6) is 0. The highest BCUT2D eigenvalue weighted by molar-refractivity contribution is 6.04. The zero-order valence-electron chi connectivity index (χ0n) is 9.47. The molecule has 0 saturated heterocycles. The van der Waals surface area contributed by atoms with Crippen LogP contribution in [-0.2, 0) is 4.84 Å². The van der Waals surface area contributed by atoms with E-state index in [1.807, 2.05) is 30.3 Å². The third-order valence-electron chi connectivity index (χ3n) is 2.83. The van der Waals surface area contributed by atoms with Crippen molar-refractivity contribution in [3.8, 4) is 0 Å². The third kappa shape index (κ3) is 2.25. The van der Waals surface area contributed by atoms with Gasteiger partial charge in [-0.2, -0.15) is 0 Å². The lowest BCUT2D eigenvalue weighted by atomic mass is 9.99. The molecule has 0 bridgehead atoms. The van der Waals surface area contributed by atoms with Crippen molar-refractivity contribution in [2.24, 2.45) is 5.16 Å². The van der Waals surface area contributed by atoms with Crippen molar-refractivity contribution in [3.05, 3.63) is 35.9 Å². The van der Waals surface area contributed by atoms with E-state index in [2.05, 4.69) is 12.1 Å². The highest BCUT2D eigenvalue weighted by atomic mass is 16.7. The number of benzene rings is 1. The highest BCUT2D eigenvalue weighted by Crippen LogP contribution is 2.21. The van der Waals surface area contributed by atoms with Crippen molar-refractivity contribution in [3.63, 3.8) is 0 Å². The molecule has 1 aliphatic rings. The predicted octanol–water partition coefficient (Wildman–Crippen LogP) is 2.34. The van der Waals surface area contributed by atoms with Gasteiger partial charge in [0.15, 0.2) is 6.10 Å². The summed E-state index contributed by atoms with van der Waals surface area (Å²) in [6.45, 7) is 2.13. The number of hydrogen-bond donors (Lipinski definition) is 1. The van der Waals surface area contributed by atoms with Crippen molar-refractivity contribution >= 4 is 5.71 Å². The fraction of sp³-hybridized carbons (Fsp3) is 0.462. The minimum absolute atomic E-state index is 0.171. The lowest BCUT2D eigenvalue weighted by Gasteiger charge is -2.12. The van der Waals surface area contributed by atoms with E-state index in [0.717, 1.165) is 24.8 Å². The Balaban J connectivity index is 2.04. The Morgan fingerprint density at radius 1 is 1.31 bits per heavy atom. The van der Waals surface area contributed by atoms with Crippen LogP contribution in [0.3, 0.4) is 0 Å². The lowest BCUT2D eigenvalue weighted by Crippen LogP contribution is -2.29. The number of aliphatic hydroxyl groups excluding tert-OH is 1. The summed E-state index contributed by atoms with van der Waals surface area (Å²) in [6, 6.07) is 9.69. The third-order valence-corrected chi connectivity index (χ3v) is 2.83. The van der Waals surface area contributed by atoms with Gasteiger partial charge in [0.2, 0.25) is 0 Å². The quantitative estimate of drug-likeness (QED) is 0.844. The van der Waals surface area contributed by atoms with Crippen LogP contribution < -0.4 is 0 Å². The molecule has 1 heterocycles. The first kappa shape index (κ1) is 11.1. The molecule has 1 aromatic rings. The number of oxime groups is 1. The van der Waals surface area contributed by atoms with Crippen LogP contribution in [0, 0.1) is 0 Å². The lowest BCUT2D eigenvalue weighted by molar-refractivity contribution is 0.0153. The zero-order chi connectivity index (χ0) is 11.4. The summed E-state index contributed by atoms with van der Waals surface area (Å²) in [6.07, 6.45) is 2.26. The first-order valence-electron chi connectivity index (χ1n) is 5.80. The maximum atomic E-state index is 10.1. The molecule has 0 fully saturated rings. The largest absolute Gasteiger partial charge is 0.389 e. The number of hydrogen-bond acceptors (Lipinski definition) is 3. The smallest absolute Gasteiger partial charge is 0.159 e. The van der Waals surface area contributed by atoms with Crippen LogP contribution in [0.1, 0.15) is 31.7 Å². The fourth-order valence-electron chi connectivity index (χ4n) is 1.86. The average molecular weight is 219 g/mol. The second-order valence-corrected chi connectivity index (χ2v) is 4.07. The molecule has 3 heteroatoms. The van der Waals surface area contributed by atoms with E-state index in [1.165, 1.54) is 0 Å². The first-order chi connectivity index (χ1) is 7.83. The van der Waals surface area contributed by atoms with Crippen molar-refractivity contribution < 1.29 is 9.94 Å². The Bertz CT molecular complexity index is 361. The molecule has 0 amide bonds. The molecular weight excluding hydrogens is 202 g/mol. The molecule has 0 radical (unpaired) electrons. The summed E-state index contributed by atoms with van der Waals surface area (Å²) >= 11 is 0. The van der Waals surface area contributed by atoms with Crippen LogP contribution in [0.2, 0.25) is 0 Å². The van der Waals surface area contributed by atoms with Crippen molar-refractivity contribution in [2.75, 3.05) is 0 Å². The Kier molecular flexibility index (Phi) is 3.57. The number of rotatable bonds is 4. The fourth-order valence-corrected chi connectivity index (χ4v) is 1.86. The van der Waals surface area contributed by atoms with Gasteiger partial charge in [-0.1, -0.05) is 48.8 Å². The van der Waals surface area contributed by atoms with Gasteiger partial charge < -0.3 is 9.94 Å². The van der Waals surface area contributed by atoms with Crippen LogP contribution in [0.15, 0.2) is 35.5 Å². The molecule has 0 unspecified atom stereocenters. The normalized spacial score (nSPS) is 24.0. The van der Waals surface area contributed by atoms with E-state index in [9.17, 15) is 5.11 Å². The maximum Gasteiger partial charge on any atom is 0.159 e. The van der Waals surface area contributed by atoms with Crippen LogP contribution in [0.5, 0.6) is 0 Å². The molecule has 1 aliphatic heterocycles. The molecule has 2 rings (SSSR count). The first-order valence-corrected chi connectivity index (χ1v) is 5.80. The Hall–Kier alpha value is -1.35. The van der Waals surface area contributed by atoms with Crippen LogP contribution in [0.25, 0.3) is 0 Å². The van der Waals surface area contributed by atoms with Crippen LogP contribution >= 0.6 is 0 Å². The van der Waals surface area contributed by atoms with Gasteiger partial charge in [-0.05, 0) is 12.8 Å². The molecule has 0 aliphatic carbocycles. The average Bonchev–Trinajstić information content (AvgIpc) is 2.69. The number of unbranched alkanes of at least 4 members (excludes halogenated alkanes) is 1. The highest BCUT2D eigenvalue weighted by Gasteiger charge is 2.32. The van der Waals surface area contributed by atoms with E-state index < -0.39 is 6.10 Å². The van der Waals surface area contributed by atoms with E-state index in [0.29, 0.717) is 5.71 Å². The summed E-state index contributed by atoms with van der Waals surface area (Å²) in [5.41, 5.74) is 1.59. The Labute approximate surface area is 95.7 Å². The zero-order valence-corrected chi connectivity index (χ0v) is 9.47. The topological polar surface area (TPSA) is 41.8 Å². The van der Waals surface area contributed by atoms with E-state index in [1.54, 1.807) is 0 Å². The van der Waals surface area contributed by atoms with Crippen LogP contribution in [0.4, 0.5) is 0 Å². The minimum Gasteiger partial charge on any atom is -0.389 e. The molecule has 86 valence electrons. The molecule has 1 aromatic carbocycles. The van der Waals surface area contributed by atoms with E-state index in [4.69, 9.17) is 4.84 Å². The standard InChI is InChI=1S/C13H17NO2/c1-2-3-9-11-13(15)12(14-16-11)10-7-5-4-6-8-10/h4-8,11,13,15H,2-3,9H2,1H3/t11-,13-/m1/s1. The van der Waals surface area contributed by atoms with Gasteiger partial charge in [-0.15, -0.1) is 0 Å². The van der Waals surface area contributed by atoms with E-state index >= 15 is 0 Å². The van der Waals surface area contributed by atoms with Crippen molar-refractivity contribution in [2.45, 2.75) is 38.4 Å². The Morgan fingerprint density at radius 2 is 2.06 bits per heavy atom. The van der Waals surface area contributed by atoms with Crippen molar-refractivity contribution in [1.29, 1.82) is 0 Å². The second-order valence-electron chi connectivity index (χ2n) is 4.07. The van der Waals surface area contributed by atoms with Gasteiger partial charge in [0.05, 0.1) is 0 Å². The SMILES string of the molecule is CCCC[C@H]1ON=C(c2ccccc2)[C@@H]1O. The van der Waals surface area contributed by atoms with Gasteiger partial charge in [-0.25, -0.2) is 0 Å². The predicted molar refractivity (Wildman–Crippen MR) is 63.4 cm³/mol. The van der Waals surface area contributed by atoms with Gasteiger partial charge in [0, 0.05) is 5.56 Å². The molecule has 1 N–H and O–H groups in total. The maximum absolute atomic E-state index is 10.1. The van der Waals surface area contributed by atoms with Gasteiger partial charge in [0.25, 0.3) is 0 Å².